The minimum Gasteiger partial charge on any atom is -0.349 e. The van der Waals surface area contributed by atoms with Crippen molar-refractivity contribution in [3.05, 3.63) is 47.2 Å². The number of benzene rings is 1. The SMILES string of the molecule is Cc1cc(F)cc(COP2(=O)OC[C@H]3O[C@@H](N4C=C(F)C(=O)CC4=O)C[C@@H]3O2)c1. The van der Waals surface area contributed by atoms with Crippen LogP contribution in [-0.2, 0) is 39.1 Å². The highest BCUT2D eigenvalue weighted by Crippen LogP contribution is 2.56. The van der Waals surface area contributed by atoms with Gasteiger partial charge >= 0.3 is 7.82 Å². The smallest absolute Gasteiger partial charge is 0.349 e. The van der Waals surface area contributed by atoms with E-state index < -0.39 is 56.0 Å². The zero-order valence-electron chi connectivity index (χ0n) is 15.4. The minimum absolute atomic E-state index is 0.101. The van der Waals surface area contributed by atoms with Crippen LogP contribution in [0.25, 0.3) is 0 Å². The Morgan fingerprint density at radius 3 is 2.79 bits per heavy atom. The lowest BCUT2D eigenvalue weighted by Gasteiger charge is -2.30. The molecule has 11 heteroatoms. The van der Waals surface area contributed by atoms with Gasteiger partial charge in [-0.2, -0.15) is 0 Å². The summed E-state index contributed by atoms with van der Waals surface area (Å²) in [5.74, 6) is -2.95. The highest BCUT2D eigenvalue weighted by molar-refractivity contribution is 7.48. The predicted octanol–water partition coefficient (Wildman–Crippen LogP) is 2.90. The molecule has 4 atom stereocenters. The first-order valence-electron chi connectivity index (χ1n) is 8.93. The summed E-state index contributed by atoms with van der Waals surface area (Å²) in [6.45, 7) is 1.42. The van der Waals surface area contributed by atoms with E-state index in [1.165, 1.54) is 12.1 Å². The number of allylic oxidation sites excluding steroid dienone is 1. The van der Waals surface area contributed by atoms with E-state index in [4.69, 9.17) is 18.3 Å². The van der Waals surface area contributed by atoms with Crippen LogP contribution in [0.3, 0.4) is 0 Å². The molecule has 2 saturated heterocycles. The molecular formula is C18H18F2NO7P. The maximum atomic E-state index is 13.6. The fraction of sp³-hybridized carbons (Fsp3) is 0.444. The standard InChI is InChI=1S/C18H18F2NO7P/c1-10-2-11(4-12(19)3-10)8-25-29(24)26-9-16-15(28-29)6-18(27-16)21-7-13(20)14(22)5-17(21)23/h2-4,7,15-16,18H,5-6,8-9H2,1H3/t15-,16+,18+,29?/m0/s1. The molecule has 156 valence electrons. The first kappa shape index (κ1) is 20.3. The Balaban J connectivity index is 1.40. The van der Waals surface area contributed by atoms with Crippen LogP contribution in [0.2, 0.25) is 0 Å². The number of halogens is 2. The molecule has 0 saturated carbocycles. The Bertz CT molecular complexity index is 917. The number of nitrogens with zero attached hydrogens (tertiary/aromatic N) is 1. The summed E-state index contributed by atoms with van der Waals surface area (Å²) in [4.78, 5) is 24.3. The van der Waals surface area contributed by atoms with Gasteiger partial charge in [0.05, 0.1) is 19.6 Å². The molecule has 1 unspecified atom stereocenters. The first-order chi connectivity index (χ1) is 13.7. The minimum atomic E-state index is -3.93. The van der Waals surface area contributed by atoms with E-state index in [-0.39, 0.29) is 19.6 Å². The van der Waals surface area contributed by atoms with Gasteiger partial charge in [0, 0.05) is 12.6 Å². The zero-order valence-corrected chi connectivity index (χ0v) is 16.3. The molecule has 3 aliphatic rings. The maximum absolute atomic E-state index is 13.6. The molecule has 1 aromatic carbocycles. The number of hydrogen-bond donors (Lipinski definition) is 0. The molecule has 0 aromatic heterocycles. The Morgan fingerprint density at radius 2 is 2.03 bits per heavy atom. The van der Waals surface area contributed by atoms with Crippen LogP contribution in [0, 0.1) is 12.7 Å². The van der Waals surface area contributed by atoms with Crippen molar-refractivity contribution >= 4 is 19.5 Å². The molecule has 4 rings (SSSR count). The number of carbonyl (C=O) groups is 2. The number of aryl methyl sites for hydroxylation is 1. The van der Waals surface area contributed by atoms with E-state index in [0.717, 1.165) is 11.1 Å². The van der Waals surface area contributed by atoms with Crippen molar-refractivity contribution in [2.75, 3.05) is 6.61 Å². The van der Waals surface area contributed by atoms with Crippen LogP contribution in [0.15, 0.2) is 30.2 Å². The Labute approximate surface area is 165 Å². The average Bonchev–Trinajstić information content (AvgIpc) is 3.05. The number of ether oxygens (including phenoxy) is 1. The summed E-state index contributed by atoms with van der Waals surface area (Å²) in [6, 6.07) is 4.29. The van der Waals surface area contributed by atoms with Crippen molar-refractivity contribution in [3.8, 4) is 0 Å². The normalized spacial score (nSPS) is 32.3. The quantitative estimate of drug-likeness (QED) is 0.537. The average molecular weight is 429 g/mol. The number of carbonyl (C=O) groups excluding carboxylic acids is 2. The van der Waals surface area contributed by atoms with Crippen LogP contribution >= 0.6 is 7.82 Å². The van der Waals surface area contributed by atoms with Crippen molar-refractivity contribution in [1.29, 1.82) is 0 Å². The topological polar surface area (TPSA) is 91.4 Å². The molecule has 3 aliphatic heterocycles. The van der Waals surface area contributed by atoms with Gasteiger partial charge in [-0.25, -0.2) is 13.3 Å². The number of hydrogen-bond acceptors (Lipinski definition) is 7. The summed E-state index contributed by atoms with van der Waals surface area (Å²) in [5, 5.41) is 0. The molecule has 0 bridgehead atoms. The van der Waals surface area contributed by atoms with E-state index in [2.05, 4.69) is 0 Å². The molecule has 2 fully saturated rings. The van der Waals surface area contributed by atoms with E-state index in [1.54, 1.807) is 13.0 Å². The molecule has 3 heterocycles. The molecule has 1 amide bonds. The number of phosphoric acid groups is 1. The van der Waals surface area contributed by atoms with Gasteiger partial charge in [-0.15, -0.1) is 0 Å². The second kappa shape index (κ2) is 7.70. The Kier molecular flexibility index (Phi) is 5.39. The number of ketones is 1. The lowest BCUT2D eigenvalue weighted by Crippen LogP contribution is -2.40. The number of phosphoric ester groups is 1. The van der Waals surface area contributed by atoms with Gasteiger partial charge in [0.2, 0.25) is 11.7 Å². The highest BCUT2D eigenvalue weighted by Gasteiger charge is 2.49. The molecule has 8 nitrogen and oxygen atoms in total. The van der Waals surface area contributed by atoms with Crippen LogP contribution in [0.1, 0.15) is 24.0 Å². The zero-order chi connectivity index (χ0) is 20.8. The van der Waals surface area contributed by atoms with Crippen LogP contribution < -0.4 is 0 Å². The summed E-state index contributed by atoms with van der Waals surface area (Å²) >= 11 is 0. The third-order valence-corrected chi connectivity index (χ3v) is 6.20. The van der Waals surface area contributed by atoms with Gasteiger partial charge in [0.1, 0.15) is 24.3 Å². The molecule has 1 aromatic rings. The van der Waals surface area contributed by atoms with Crippen molar-refractivity contribution in [1.82, 2.24) is 4.90 Å². The maximum Gasteiger partial charge on any atom is 0.475 e. The molecule has 0 N–H and O–H groups in total. The van der Waals surface area contributed by atoms with E-state index in [0.29, 0.717) is 11.1 Å². The largest absolute Gasteiger partial charge is 0.475 e. The highest BCUT2D eigenvalue weighted by atomic mass is 31.2. The molecule has 0 radical (unpaired) electrons. The van der Waals surface area contributed by atoms with Crippen LogP contribution in [0.4, 0.5) is 8.78 Å². The monoisotopic (exact) mass is 429 g/mol. The molecule has 29 heavy (non-hydrogen) atoms. The summed E-state index contributed by atoms with van der Waals surface area (Å²) in [7, 11) is -3.93. The van der Waals surface area contributed by atoms with Crippen molar-refractivity contribution in [2.45, 2.75) is 44.8 Å². The molecule has 0 spiro atoms. The fourth-order valence-corrected chi connectivity index (χ4v) is 4.82. The summed E-state index contributed by atoms with van der Waals surface area (Å²) in [5.41, 5.74) is 1.15. The Morgan fingerprint density at radius 1 is 1.24 bits per heavy atom. The van der Waals surface area contributed by atoms with Gasteiger partial charge < -0.3 is 4.74 Å². The van der Waals surface area contributed by atoms with Gasteiger partial charge in [-0.3, -0.25) is 28.1 Å². The molecular weight excluding hydrogens is 411 g/mol. The van der Waals surface area contributed by atoms with E-state index >= 15 is 0 Å². The lowest BCUT2D eigenvalue weighted by atomic mass is 10.1. The third-order valence-electron chi connectivity index (χ3n) is 4.76. The molecule has 0 aliphatic carbocycles. The van der Waals surface area contributed by atoms with Gasteiger partial charge in [0.15, 0.2) is 5.83 Å². The summed E-state index contributed by atoms with van der Waals surface area (Å²) in [6.07, 6.45) is -1.90. The van der Waals surface area contributed by atoms with Crippen molar-refractivity contribution in [2.24, 2.45) is 0 Å². The second-order valence-corrected chi connectivity index (χ2v) is 8.66. The number of Topliss-reactive ketones (excluding diaryl/α,β-unsaturated/α-hetero) is 1. The van der Waals surface area contributed by atoms with Crippen molar-refractivity contribution in [3.63, 3.8) is 0 Å². The van der Waals surface area contributed by atoms with E-state index in [9.17, 15) is 22.9 Å². The van der Waals surface area contributed by atoms with Crippen molar-refractivity contribution < 1.29 is 41.2 Å². The van der Waals surface area contributed by atoms with Crippen LogP contribution in [-0.4, -0.2) is 41.6 Å². The first-order valence-corrected chi connectivity index (χ1v) is 10.4. The van der Waals surface area contributed by atoms with Gasteiger partial charge in [-0.1, -0.05) is 6.07 Å². The fourth-order valence-electron chi connectivity index (χ4n) is 3.43. The predicted molar refractivity (Wildman–Crippen MR) is 93.3 cm³/mol. The van der Waals surface area contributed by atoms with Gasteiger partial charge in [-0.05, 0) is 30.2 Å². The second-order valence-electron chi connectivity index (χ2n) is 7.04. The number of rotatable bonds is 4. The van der Waals surface area contributed by atoms with Crippen LogP contribution in [0.5, 0.6) is 0 Å². The number of fused-ring (bicyclic) bond motifs is 1. The van der Waals surface area contributed by atoms with E-state index in [1.807, 2.05) is 0 Å². The third kappa shape index (κ3) is 4.31. The lowest BCUT2D eigenvalue weighted by molar-refractivity contribution is -0.146. The number of amides is 1. The Hall–Kier alpha value is -1.97. The summed E-state index contributed by atoms with van der Waals surface area (Å²) < 4.78 is 61.4. The van der Waals surface area contributed by atoms with Gasteiger partial charge in [0.25, 0.3) is 0 Å².